The van der Waals surface area contributed by atoms with E-state index >= 15 is 0 Å². The van der Waals surface area contributed by atoms with Crippen LogP contribution in [0.25, 0.3) is 0 Å². The number of hydrogen-bond acceptors (Lipinski definition) is 2. The van der Waals surface area contributed by atoms with Gasteiger partial charge in [-0.2, -0.15) is 0 Å². The van der Waals surface area contributed by atoms with E-state index in [-0.39, 0.29) is 6.54 Å². The quantitative estimate of drug-likeness (QED) is 0.795. The van der Waals surface area contributed by atoms with Crippen LogP contribution in [0.5, 0.6) is 0 Å². The van der Waals surface area contributed by atoms with Crippen molar-refractivity contribution in [3.8, 4) is 0 Å². The molecular formula is C13H21NO. The second-order valence-corrected chi connectivity index (χ2v) is 4.36. The Morgan fingerprint density at radius 3 is 2.13 bits per heavy atom. The summed E-state index contributed by atoms with van der Waals surface area (Å²) in [4.78, 5) is 0. The Hall–Kier alpha value is -0.860. The van der Waals surface area contributed by atoms with E-state index < -0.39 is 5.60 Å². The summed E-state index contributed by atoms with van der Waals surface area (Å²) in [6.45, 7) is 6.42. The standard InChI is InChI=1S/C13H21NO/c1-4-5-13(15,9-14)12-7-10(2)6-11(3)8-12/h6-8,15H,4-5,9,14H2,1-3H3. The Morgan fingerprint density at radius 1 is 1.20 bits per heavy atom. The SMILES string of the molecule is CCCC(O)(CN)c1cc(C)cc(C)c1. The van der Waals surface area contributed by atoms with Gasteiger partial charge in [0, 0.05) is 6.54 Å². The lowest BCUT2D eigenvalue weighted by molar-refractivity contribution is 0.0358. The van der Waals surface area contributed by atoms with Crippen LogP contribution in [-0.2, 0) is 5.60 Å². The van der Waals surface area contributed by atoms with Gasteiger partial charge in [-0.15, -0.1) is 0 Å². The molecule has 0 aliphatic rings. The Balaban J connectivity index is 3.11. The molecule has 0 amide bonds. The lowest BCUT2D eigenvalue weighted by Gasteiger charge is -2.27. The normalized spacial score (nSPS) is 15.0. The maximum atomic E-state index is 10.4. The highest BCUT2D eigenvalue weighted by molar-refractivity contribution is 5.32. The van der Waals surface area contributed by atoms with Gasteiger partial charge in [0.2, 0.25) is 0 Å². The number of aryl methyl sites for hydroxylation is 2. The first-order valence-corrected chi connectivity index (χ1v) is 5.53. The van der Waals surface area contributed by atoms with Crippen LogP contribution < -0.4 is 5.73 Å². The molecule has 0 aliphatic heterocycles. The molecule has 2 nitrogen and oxygen atoms in total. The third-order valence-electron chi connectivity index (χ3n) is 2.76. The van der Waals surface area contributed by atoms with E-state index in [9.17, 15) is 5.11 Å². The summed E-state index contributed by atoms with van der Waals surface area (Å²) in [5, 5.41) is 10.4. The first-order chi connectivity index (χ1) is 7.01. The van der Waals surface area contributed by atoms with Gasteiger partial charge < -0.3 is 10.8 Å². The average Bonchev–Trinajstić information content (AvgIpc) is 2.16. The zero-order valence-electron chi connectivity index (χ0n) is 9.88. The Labute approximate surface area is 92.1 Å². The predicted molar refractivity (Wildman–Crippen MR) is 63.8 cm³/mol. The topological polar surface area (TPSA) is 46.2 Å². The van der Waals surface area contributed by atoms with E-state index in [1.54, 1.807) is 0 Å². The van der Waals surface area contributed by atoms with Gasteiger partial charge in [-0.3, -0.25) is 0 Å². The summed E-state index contributed by atoms with van der Waals surface area (Å²) in [5.74, 6) is 0. The predicted octanol–water partition coefficient (Wildman–Crippen LogP) is 2.25. The van der Waals surface area contributed by atoms with Crippen molar-refractivity contribution >= 4 is 0 Å². The van der Waals surface area contributed by atoms with Crippen molar-refractivity contribution in [2.24, 2.45) is 5.73 Å². The Bertz CT molecular complexity index is 315. The summed E-state index contributed by atoms with van der Waals surface area (Å²) in [5.41, 5.74) is 8.12. The molecule has 1 atom stereocenters. The van der Waals surface area contributed by atoms with Crippen LogP contribution in [0.1, 0.15) is 36.5 Å². The van der Waals surface area contributed by atoms with Crippen LogP contribution in [0.3, 0.4) is 0 Å². The molecule has 0 saturated carbocycles. The number of nitrogens with two attached hydrogens (primary N) is 1. The fraction of sp³-hybridized carbons (Fsp3) is 0.538. The molecule has 1 unspecified atom stereocenters. The molecule has 0 fully saturated rings. The van der Waals surface area contributed by atoms with Crippen molar-refractivity contribution < 1.29 is 5.11 Å². The van der Waals surface area contributed by atoms with Gasteiger partial charge >= 0.3 is 0 Å². The van der Waals surface area contributed by atoms with Crippen LogP contribution in [0, 0.1) is 13.8 Å². The van der Waals surface area contributed by atoms with Crippen molar-refractivity contribution in [3.05, 3.63) is 34.9 Å². The minimum atomic E-state index is -0.856. The van der Waals surface area contributed by atoms with Crippen LogP contribution in [0.2, 0.25) is 0 Å². The molecule has 0 heterocycles. The van der Waals surface area contributed by atoms with E-state index in [1.807, 2.05) is 26.0 Å². The molecule has 0 spiro atoms. The van der Waals surface area contributed by atoms with Gasteiger partial charge in [-0.25, -0.2) is 0 Å². The van der Waals surface area contributed by atoms with Gasteiger partial charge in [-0.1, -0.05) is 42.7 Å². The molecule has 0 aliphatic carbocycles. The summed E-state index contributed by atoms with van der Waals surface area (Å²) in [7, 11) is 0. The summed E-state index contributed by atoms with van der Waals surface area (Å²) >= 11 is 0. The van der Waals surface area contributed by atoms with Gasteiger partial charge in [0.1, 0.15) is 5.60 Å². The second kappa shape index (κ2) is 4.77. The molecule has 0 saturated heterocycles. The molecule has 2 heteroatoms. The molecule has 84 valence electrons. The monoisotopic (exact) mass is 207 g/mol. The minimum Gasteiger partial charge on any atom is -0.384 e. The van der Waals surface area contributed by atoms with Crippen molar-refractivity contribution in [3.63, 3.8) is 0 Å². The highest BCUT2D eigenvalue weighted by Crippen LogP contribution is 2.27. The van der Waals surface area contributed by atoms with Crippen molar-refractivity contribution in [2.45, 2.75) is 39.2 Å². The van der Waals surface area contributed by atoms with Gasteiger partial charge in [-0.05, 0) is 25.8 Å². The molecule has 0 radical (unpaired) electrons. The Kier molecular flexibility index (Phi) is 3.89. The third-order valence-corrected chi connectivity index (χ3v) is 2.76. The Morgan fingerprint density at radius 2 is 1.73 bits per heavy atom. The third kappa shape index (κ3) is 2.80. The minimum absolute atomic E-state index is 0.281. The molecule has 0 bridgehead atoms. The van der Waals surface area contributed by atoms with E-state index in [1.165, 1.54) is 11.1 Å². The second-order valence-electron chi connectivity index (χ2n) is 4.36. The van der Waals surface area contributed by atoms with Gasteiger partial charge in [0.05, 0.1) is 0 Å². The molecule has 1 rings (SSSR count). The molecule has 1 aromatic rings. The van der Waals surface area contributed by atoms with E-state index in [2.05, 4.69) is 13.0 Å². The lowest BCUT2D eigenvalue weighted by Crippen LogP contribution is -2.34. The fourth-order valence-corrected chi connectivity index (χ4v) is 2.02. The first kappa shape index (κ1) is 12.2. The summed E-state index contributed by atoms with van der Waals surface area (Å²) in [6.07, 6.45) is 1.65. The van der Waals surface area contributed by atoms with Crippen molar-refractivity contribution in [2.75, 3.05) is 6.54 Å². The van der Waals surface area contributed by atoms with Crippen LogP contribution in [-0.4, -0.2) is 11.7 Å². The zero-order chi connectivity index (χ0) is 11.5. The molecule has 0 aromatic heterocycles. The maximum absolute atomic E-state index is 10.4. The van der Waals surface area contributed by atoms with E-state index in [0.29, 0.717) is 6.42 Å². The molecule has 3 N–H and O–H groups in total. The molecule has 1 aromatic carbocycles. The number of rotatable bonds is 4. The van der Waals surface area contributed by atoms with Crippen LogP contribution in [0.15, 0.2) is 18.2 Å². The van der Waals surface area contributed by atoms with Gasteiger partial charge in [0.25, 0.3) is 0 Å². The zero-order valence-corrected chi connectivity index (χ0v) is 9.88. The summed E-state index contributed by atoms with van der Waals surface area (Å²) in [6, 6.07) is 6.15. The highest BCUT2D eigenvalue weighted by atomic mass is 16.3. The molecular weight excluding hydrogens is 186 g/mol. The lowest BCUT2D eigenvalue weighted by atomic mass is 9.87. The van der Waals surface area contributed by atoms with Crippen molar-refractivity contribution in [1.29, 1.82) is 0 Å². The smallest absolute Gasteiger partial charge is 0.102 e. The molecule has 15 heavy (non-hydrogen) atoms. The summed E-state index contributed by atoms with van der Waals surface area (Å²) < 4.78 is 0. The number of hydrogen-bond donors (Lipinski definition) is 2. The largest absolute Gasteiger partial charge is 0.384 e. The van der Waals surface area contributed by atoms with E-state index in [0.717, 1.165) is 12.0 Å². The highest BCUT2D eigenvalue weighted by Gasteiger charge is 2.26. The number of aliphatic hydroxyl groups is 1. The van der Waals surface area contributed by atoms with Crippen molar-refractivity contribution in [1.82, 2.24) is 0 Å². The fourth-order valence-electron chi connectivity index (χ4n) is 2.02. The average molecular weight is 207 g/mol. The van der Waals surface area contributed by atoms with Gasteiger partial charge in [0.15, 0.2) is 0 Å². The van der Waals surface area contributed by atoms with Crippen LogP contribution in [0.4, 0.5) is 0 Å². The van der Waals surface area contributed by atoms with Crippen LogP contribution >= 0.6 is 0 Å². The van der Waals surface area contributed by atoms with E-state index in [4.69, 9.17) is 5.73 Å². The maximum Gasteiger partial charge on any atom is 0.102 e. The first-order valence-electron chi connectivity index (χ1n) is 5.53. The number of benzene rings is 1.